The molecule has 2 heterocycles. The maximum atomic E-state index is 7.05. The van der Waals surface area contributed by atoms with Crippen molar-refractivity contribution in [3.63, 3.8) is 0 Å². The van der Waals surface area contributed by atoms with Gasteiger partial charge in [0.2, 0.25) is 5.72 Å². The third-order valence-corrected chi connectivity index (χ3v) is 8.05. The van der Waals surface area contributed by atoms with Crippen LogP contribution in [0, 0.1) is 0 Å². The number of fused-ring (bicyclic) bond motifs is 2. The minimum absolute atomic E-state index is 0.261. The van der Waals surface area contributed by atoms with Crippen LogP contribution in [0.15, 0.2) is 91.0 Å². The molecular weight excluding hydrogens is 473 g/mol. The monoisotopic (exact) mass is 497 g/mol. The molecule has 1 spiro atoms. The zero-order chi connectivity index (χ0) is 24.4. The molecule has 6 rings (SSSR count). The molecule has 174 valence electrons. The molecule has 2 aliphatic rings. The molecule has 4 aromatic rings. The Labute approximate surface area is 216 Å². The Morgan fingerprint density at radius 2 is 1.37 bits per heavy atom. The van der Waals surface area contributed by atoms with Crippen molar-refractivity contribution in [3.05, 3.63) is 112 Å². The molecule has 0 saturated heterocycles. The Bertz CT molecular complexity index is 1470. The van der Waals surface area contributed by atoms with Crippen molar-refractivity contribution >= 4 is 35.0 Å². The smallest absolute Gasteiger partial charge is 0.211 e. The zero-order valence-electron chi connectivity index (χ0n) is 19.8. The Kier molecular flexibility index (Phi) is 5.03. The van der Waals surface area contributed by atoms with Crippen molar-refractivity contribution in [1.29, 1.82) is 0 Å². The van der Waals surface area contributed by atoms with E-state index in [1.165, 1.54) is 11.3 Å². The number of likely N-dealkylation sites (N-methyl/N-ethyl adjacent to an activating group) is 1. The van der Waals surface area contributed by atoms with Gasteiger partial charge >= 0.3 is 0 Å². The molecule has 0 N–H and O–H groups in total. The summed E-state index contributed by atoms with van der Waals surface area (Å²) in [7, 11) is 2.12. The van der Waals surface area contributed by atoms with Crippen LogP contribution in [0.4, 0.5) is 5.69 Å². The standard InChI is InChI=1S/C31H25Cl2NO/c1-30(2)27-6-4-5-7-28(27)34(3)31(30)17-16-25-26(21-10-14-24(33)15-11-21)18-22(19-29(25)35-31)20-8-12-23(32)13-9-20/h4-19H,1-3H3. The van der Waals surface area contributed by atoms with Crippen LogP contribution < -0.4 is 9.64 Å². The first-order valence-corrected chi connectivity index (χ1v) is 12.5. The van der Waals surface area contributed by atoms with Crippen LogP contribution in [-0.4, -0.2) is 12.8 Å². The molecule has 0 radical (unpaired) electrons. The average molecular weight is 498 g/mol. The summed E-state index contributed by atoms with van der Waals surface area (Å²) < 4.78 is 7.05. The summed E-state index contributed by atoms with van der Waals surface area (Å²) >= 11 is 12.4. The number of halogens is 2. The van der Waals surface area contributed by atoms with Gasteiger partial charge in [0.25, 0.3) is 0 Å². The summed E-state index contributed by atoms with van der Waals surface area (Å²) in [4.78, 5) is 2.26. The second-order valence-corrected chi connectivity index (χ2v) is 10.7. The van der Waals surface area contributed by atoms with Crippen molar-refractivity contribution in [1.82, 2.24) is 0 Å². The Morgan fingerprint density at radius 1 is 0.743 bits per heavy atom. The van der Waals surface area contributed by atoms with Gasteiger partial charge in [0.1, 0.15) is 5.75 Å². The van der Waals surface area contributed by atoms with Crippen molar-refractivity contribution in [2.75, 3.05) is 11.9 Å². The van der Waals surface area contributed by atoms with Gasteiger partial charge in [-0.2, -0.15) is 0 Å². The van der Waals surface area contributed by atoms with Gasteiger partial charge in [-0.05, 0) is 96.3 Å². The number of hydrogen-bond acceptors (Lipinski definition) is 2. The van der Waals surface area contributed by atoms with Crippen molar-refractivity contribution in [2.24, 2.45) is 0 Å². The van der Waals surface area contributed by atoms with Crippen LogP contribution in [0.2, 0.25) is 10.0 Å². The molecule has 0 bridgehead atoms. The first-order chi connectivity index (χ1) is 16.8. The SMILES string of the molecule is CN1c2ccccc2C(C)(C)C12C=Cc1c(cc(-c3ccc(Cl)cc3)cc1-c1ccc(Cl)cc1)O2. The summed E-state index contributed by atoms with van der Waals surface area (Å²) in [6.07, 6.45) is 4.44. The maximum Gasteiger partial charge on any atom is 0.211 e. The quantitative estimate of drug-likeness (QED) is 0.274. The molecule has 1 atom stereocenters. The van der Waals surface area contributed by atoms with Crippen molar-refractivity contribution < 1.29 is 4.74 Å². The molecule has 0 aliphatic carbocycles. The summed E-state index contributed by atoms with van der Waals surface area (Å²) in [5, 5.41) is 1.43. The van der Waals surface area contributed by atoms with E-state index in [4.69, 9.17) is 27.9 Å². The molecular formula is C31H25Cl2NO. The molecule has 0 amide bonds. The fourth-order valence-electron chi connectivity index (χ4n) is 5.56. The predicted molar refractivity (Wildman–Crippen MR) is 148 cm³/mol. The number of rotatable bonds is 2. The van der Waals surface area contributed by atoms with Crippen LogP contribution in [0.1, 0.15) is 25.0 Å². The third kappa shape index (κ3) is 3.31. The topological polar surface area (TPSA) is 12.5 Å². The van der Waals surface area contributed by atoms with Gasteiger partial charge in [0, 0.05) is 28.3 Å². The van der Waals surface area contributed by atoms with Gasteiger partial charge in [-0.3, -0.25) is 0 Å². The molecule has 1 unspecified atom stereocenters. The highest BCUT2D eigenvalue weighted by Crippen LogP contribution is 2.55. The van der Waals surface area contributed by atoms with Gasteiger partial charge in [0.15, 0.2) is 0 Å². The second-order valence-electron chi connectivity index (χ2n) is 9.78. The van der Waals surface area contributed by atoms with Gasteiger partial charge in [-0.25, -0.2) is 0 Å². The van der Waals surface area contributed by atoms with E-state index < -0.39 is 5.72 Å². The fourth-order valence-corrected chi connectivity index (χ4v) is 5.81. The fraction of sp³-hybridized carbons (Fsp3) is 0.161. The molecule has 35 heavy (non-hydrogen) atoms. The zero-order valence-corrected chi connectivity index (χ0v) is 21.4. The normalized spacial score (nSPS) is 19.4. The van der Waals surface area contributed by atoms with Crippen LogP contribution in [0.5, 0.6) is 5.75 Å². The summed E-state index contributed by atoms with van der Waals surface area (Å²) in [6.45, 7) is 4.52. The van der Waals surface area contributed by atoms with Gasteiger partial charge in [-0.1, -0.05) is 65.7 Å². The van der Waals surface area contributed by atoms with Crippen LogP contribution in [0.3, 0.4) is 0 Å². The highest BCUT2D eigenvalue weighted by atomic mass is 35.5. The third-order valence-electron chi connectivity index (χ3n) is 7.55. The predicted octanol–water partition coefficient (Wildman–Crippen LogP) is 8.86. The Hall–Kier alpha value is -3.20. The molecule has 4 aromatic carbocycles. The molecule has 0 aromatic heterocycles. The largest absolute Gasteiger partial charge is 0.463 e. The van der Waals surface area contributed by atoms with E-state index in [0.29, 0.717) is 5.02 Å². The maximum absolute atomic E-state index is 7.05. The lowest BCUT2D eigenvalue weighted by Crippen LogP contribution is -2.58. The van der Waals surface area contributed by atoms with Gasteiger partial charge in [0.05, 0.1) is 5.41 Å². The number of benzene rings is 4. The number of anilines is 1. The summed E-state index contributed by atoms with van der Waals surface area (Å²) in [6, 6.07) is 28.8. The molecule has 0 fully saturated rings. The second kappa shape index (κ2) is 7.91. The highest BCUT2D eigenvalue weighted by Gasteiger charge is 2.57. The minimum atomic E-state index is -0.639. The number of ether oxygens (including phenoxy) is 1. The Balaban J connectivity index is 1.55. The first kappa shape index (κ1) is 22.3. The highest BCUT2D eigenvalue weighted by molar-refractivity contribution is 6.31. The lowest BCUT2D eigenvalue weighted by molar-refractivity contribution is 0.0583. The Morgan fingerprint density at radius 3 is 2.03 bits per heavy atom. The number of hydrogen-bond donors (Lipinski definition) is 0. The summed E-state index contributed by atoms with van der Waals surface area (Å²) in [5.74, 6) is 0.859. The number of para-hydroxylation sites is 1. The molecule has 2 aliphatic heterocycles. The first-order valence-electron chi connectivity index (χ1n) is 11.7. The van der Waals surface area contributed by atoms with Crippen molar-refractivity contribution in [3.8, 4) is 28.0 Å². The molecule has 0 saturated carbocycles. The minimum Gasteiger partial charge on any atom is -0.463 e. The lowest BCUT2D eigenvalue weighted by Gasteiger charge is -2.46. The van der Waals surface area contributed by atoms with E-state index in [2.05, 4.69) is 86.5 Å². The van der Waals surface area contributed by atoms with Gasteiger partial charge < -0.3 is 9.64 Å². The van der Waals surface area contributed by atoms with E-state index in [1.807, 2.05) is 36.4 Å². The van der Waals surface area contributed by atoms with E-state index >= 15 is 0 Å². The molecule has 4 heteroatoms. The van der Waals surface area contributed by atoms with Gasteiger partial charge in [-0.15, -0.1) is 0 Å². The van der Waals surface area contributed by atoms with E-state index in [-0.39, 0.29) is 5.41 Å². The average Bonchev–Trinajstić information content (AvgIpc) is 3.02. The van der Waals surface area contributed by atoms with Crippen molar-refractivity contribution in [2.45, 2.75) is 25.0 Å². The lowest BCUT2D eigenvalue weighted by atomic mass is 9.76. The van der Waals surface area contributed by atoms with E-state index in [0.717, 1.165) is 38.6 Å². The van der Waals surface area contributed by atoms with Crippen LogP contribution in [0.25, 0.3) is 28.3 Å². The van der Waals surface area contributed by atoms with Crippen LogP contribution in [-0.2, 0) is 5.41 Å². The van der Waals surface area contributed by atoms with E-state index in [9.17, 15) is 0 Å². The summed E-state index contributed by atoms with van der Waals surface area (Å²) in [5.41, 5.74) is 6.99. The number of nitrogens with zero attached hydrogens (tertiary/aromatic N) is 1. The van der Waals surface area contributed by atoms with Crippen LogP contribution >= 0.6 is 23.2 Å². The van der Waals surface area contributed by atoms with E-state index in [1.54, 1.807) is 0 Å². The molecule has 2 nitrogen and oxygen atoms in total.